The molecule has 0 unspecified atom stereocenters. The van der Waals surface area contributed by atoms with E-state index in [1.54, 1.807) is 18.3 Å². The Morgan fingerprint density at radius 2 is 1.92 bits per heavy atom. The van der Waals surface area contributed by atoms with Crippen LogP contribution in [0.15, 0.2) is 54.7 Å². The highest BCUT2D eigenvalue weighted by atomic mass is 32.2. The molecule has 7 nitrogen and oxygen atoms in total. The largest absolute Gasteiger partial charge is 0.339 e. The average molecular weight is 500 g/mol. The number of benzene rings is 2. The second-order valence-corrected chi connectivity index (χ2v) is 11.4. The van der Waals surface area contributed by atoms with E-state index in [2.05, 4.69) is 31.4 Å². The lowest BCUT2D eigenvalue weighted by atomic mass is 10.0. The van der Waals surface area contributed by atoms with Gasteiger partial charge in [0.05, 0.1) is 22.5 Å². The van der Waals surface area contributed by atoms with Crippen LogP contribution in [-0.4, -0.2) is 28.7 Å². The molecular formula is C28H29N5O2S. The molecule has 1 aliphatic carbocycles. The monoisotopic (exact) mass is 499 g/mol. The SMILES string of the molecule is CCCS(=O)(=O)Nc1ccc(-c2c(C#N)c3ccc(Cc4nccc(C)n4)cc3n2CC2CC2)cc1. The molecule has 36 heavy (non-hydrogen) atoms. The van der Waals surface area contributed by atoms with Gasteiger partial charge in [0, 0.05) is 35.9 Å². The predicted octanol–water partition coefficient (Wildman–Crippen LogP) is 5.43. The molecule has 5 rings (SSSR count). The van der Waals surface area contributed by atoms with E-state index in [4.69, 9.17) is 0 Å². The van der Waals surface area contributed by atoms with Crippen LogP contribution in [0.1, 0.15) is 48.8 Å². The van der Waals surface area contributed by atoms with E-state index in [1.165, 1.54) is 12.8 Å². The molecule has 2 aromatic heterocycles. The molecule has 8 heteroatoms. The van der Waals surface area contributed by atoms with Crippen LogP contribution in [0, 0.1) is 24.2 Å². The molecule has 1 N–H and O–H groups in total. The zero-order chi connectivity index (χ0) is 25.3. The number of hydrogen-bond donors (Lipinski definition) is 1. The van der Waals surface area contributed by atoms with Crippen molar-refractivity contribution >= 4 is 26.6 Å². The lowest BCUT2D eigenvalue weighted by Crippen LogP contribution is -2.15. The predicted molar refractivity (Wildman–Crippen MR) is 142 cm³/mol. The second-order valence-electron chi connectivity index (χ2n) is 9.53. The van der Waals surface area contributed by atoms with E-state index in [0.717, 1.165) is 45.8 Å². The van der Waals surface area contributed by atoms with Crippen LogP contribution in [0.3, 0.4) is 0 Å². The number of nitrogens with one attached hydrogen (secondary N) is 1. The summed E-state index contributed by atoms with van der Waals surface area (Å²) >= 11 is 0. The molecule has 1 aliphatic rings. The summed E-state index contributed by atoms with van der Waals surface area (Å²) in [6.07, 6.45) is 5.34. The average Bonchev–Trinajstić information content (AvgIpc) is 3.61. The molecular weight excluding hydrogens is 470 g/mol. The Morgan fingerprint density at radius 1 is 1.14 bits per heavy atom. The van der Waals surface area contributed by atoms with Crippen molar-refractivity contribution in [1.29, 1.82) is 5.26 Å². The van der Waals surface area contributed by atoms with Crippen molar-refractivity contribution in [3.8, 4) is 17.3 Å². The molecule has 0 bridgehead atoms. The molecule has 184 valence electrons. The van der Waals surface area contributed by atoms with Gasteiger partial charge in [0.15, 0.2) is 0 Å². The van der Waals surface area contributed by atoms with Crippen LogP contribution < -0.4 is 4.72 Å². The summed E-state index contributed by atoms with van der Waals surface area (Å²) in [5.41, 5.74) is 6.01. The van der Waals surface area contributed by atoms with Crippen LogP contribution in [0.25, 0.3) is 22.2 Å². The van der Waals surface area contributed by atoms with Crippen molar-refractivity contribution in [3.05, 3.63) is 77.4 Å². The lowest BCUT2D eigenvalue weighted by molar-refractivity contribution is 0.600. The molecule has 0 amide bonds. The smallest absolute Gasteiger partial charge is 0.232 e. The van der Waals surface area contributed by atoms with Crippen molar-refractivity contribution in [1.82, 2.24) is 14.5 Å². The van der Waals surface area contributed by atoms with E-state index in [-0.39, 0.29) is 5.75 Å². The molecule has 0 atom stereocenters. The van der Waals surface area contributed by atoms with Gasteiger partial charge >= 0.3 is 0 Å². The Bertz CT molecular complexity index is 1560. The first-order chi connectivity index (χ1) is 17.4. The van der Waals surface area contributed by atoms with Gasteiger partial charge in [-0.25, -0.2) is 18.4 Å². The van der Waals surface area contributed by atoms with Crippen LogP contribution in [-0.2, 0) is 23.0 Å². The highest BCUT2D eigenvalue weighted by Gasteiger charge is 2.26. The second kappa shape index (κ2) is 9.75. The minimum atomic E-state index is -3.36. The lowest BCUT2D eigenvalue weighted by Gasteiger charge is -2.13. The van der Waals surface area contributed by atoms with E-state index in [1.807, 2.05) is 44.2 Å². The summed E-state index contributed by atoms with van der Waals surface area (Å²) < 4.78 is 29.2. The van der Waals surface area contributed by atoms with Crippen molar-refractivity contribution in [2.45, 2.75) is 46.1 Å². The van der Waals surface area contributed by atoms with E-state index in [9.17, 15) is 13.7 Å². The topological polar surface area (TPSA) is 101 Å². The van der Waals surface area contributed by atoms with Crippen LogP contribution >= 0.6 is 0 Å². The minimum Gasteiger partial charge on any atom is -0.339 e. The number of rotatable bonds is 9. The summed E-state index contributed by atoms with van der Waals surface area (Å²) in [6, 6.07) is 17.9. The standard InChI is InChI=1S/C28H29N5O2S/c1-3-14-36(34,35)32-23-9-7-22(8-10-23)28-25(17-29)24-11-6-21(16-27-30-13-12-19(2)31-27)15-26(24)33(28)18-20-4-5-20/h6-13,15,20,32H,3-5,14,16,18H2,1-2H3. The van der Waals surface area contributed by atoms with Crippen molar-refractivity contribution in [3.63, 3.8) is 0 Å². The fourth-order valence-corrected chi connectivity index (χ4v) is 5.77. The number of sulfonamides is 1. The number of hydrogen-bond acceptors (Lipinski definition) is 5. The molecule has 0 saturated heterocycles. The first-order valence-corrected chi connectivity index (χ1v) is 14.0. The molecule has 0 radical (unpaired) electrons. The molecule has 2 heterocycles. The third-order valence-electron chi connectivity index (χ3n) is 6.49. The van der Waals surface area contributed by atoms with Gasteiger partial charge in [-0.15, -0.1) is 0 Å². The highest BCUT2D eigenvalue weighted by molar-refractivity contribution is 7.92. The fourth-order valence-electron chi connectivity index (χ4n) is 4.63. The van der Waals surface area contributed by atoms with Gasteiger partial charge in [-0.2, -0.15) is 5.26 Å². The van der Waals surface area contributed by atoms with Crippen LogP contribution in [0.4, 0.5) is 5.69 Å². The summed E-state index contributed by atoms with van der Waals surface area (Å²) in [4.78, 5) is 8.95. The maximum Gasteiger partial charge on any atom is 0.232 e. The summed E-state index contributed by atoms with van der Waals surface area (Å²) in [7, 11) is -3.36. The maximum atomic E-state index is 12.2. The third-order valence-corrected chi connectivity index (χ3v) is 7.98. The summed E-state index contributed by atoms with van der Waals surface area (Å²) in [6.45, 7) is 4.65. The molecule has 1 fully saturated rings. The molecule has 1 saturated carbocycles. The van der Waals surface area contributed by atoms with E-state index in [0.29, 0.717) is 30.0 Å². The van der Waals surface area contributed by atoms with E-state index >= 15 is 0 Å². The summed E-state index contributed by atoms with van der Waals surface area (Å²) in [5, 5.41) is 11.1. The van der Waals surface area contributed by atoms with E-state index < -0.39 is 10.0 Å². The summed E-state index contributed by atoms with van der Waals surface area (Å²) in [5.74, 6) is 1.46. The number of fused-ring (bicyclic) bond motifs is 1. The molecule has 4 aromatic rings. The quantitative estimate of drug-likeness (QED) is 0.331. The molecule has 0 spiro atoms. The van der Waals surface area contributed by atoms with Crippen molar-refractivity contribution in [2.24, 2.45) is 5.92 Å². The van der Waals surface area contributed by atoms with Gasteiger partial charge in [0.1, 0.15) is 11.9 Å². The maximum absolute atomic E-state index is 12.2. The van der Waals surface area contributed by atoms with Crippen LogP contribution in [0.5, 0.6) is 0 Å². The third kappa shape index (κ3) is 5.12. The first-order valence-electron chi connectivity index (χ1n) is 12.3. The fraction of sp³-hybridized carbons (Fsp3) is 0.321. The van der Waals surface area contributed by atoms with Crippen molar-refractivity contribution < 1.29 is 8.42 Å². The Labute approximate surface area is 211 Å². The molecule has 2 aromatic carbocycles. The number of nitriles is 1. The number of nitrogens with zero attached hydrogens (tertiary/aromatic N) is 4. The highest BCUT2D eigenvalue weighted by Crippen LogP contribution is 2.39. The number of anilines is 1. The number of aryl methyl sites for hydroxylation is 1. The zero-order valence-electron chi connectivity index (χ0n) is 20.5. The van der Waals surface area contributed by atoms with Gasteiger partial charge in [0.25, 0.3) is 0 Å². The van der Waals surface area contributed by atoms with Gasteiger partial charge in [-0.3, -0.25) is 4.72 Å². The van der Waals surface area contributed by atoms with Gasteiger partial charge < -0.3 is 4.57 Å². The first kappa shape index (κ1) is 24.0. The Balaban J connectivity index is 1.56. The zero-order valence-corrected chi connectivity index (χ0v) is 21.3. The molecule has 0 aliphatic heterocycles. The minimum absolute atomic E-state index is 0.0822. The van der Waals surface area contributed by atoms with Gasteiger partial charge in [-0.05, 0) is 67.5 Å². The Hall–Kier alpha value is -3.70. The Morgan fingerprint density at radius 3 is 2.58 bits per heavy atom. The normalized spacial score (nSPS) is 13.6. The number of aromatic nitrogens is 3. The van der Waals surface area contributed by atoms with Gasteiger partial charge in [0.2, 0.25) is 10.0 Å². The van der Waals surface area contributed by atoms with Crippen molar-refractivity contribution in [2.75, 3.05) is 10.5 Å². The van der Waals surface area contributed by atoms with Gasteiger partial charge in [-0.1, -0.05) is 31.2 Å². The van der Waals surface area contributed by atoms with Crippen LogP contribution in [0.2, 0.25) is 0 Å². The Kier molecular flexibility index (Phi) is 6.50.